The van der Waals surface area contributed by atoms with Crippen LogP contribution in [-0.4, -0.2) is 30.9 Å². The highest BCUT2D eigenvalue weighted by molar-refractivity contribution is 8.00. The Balaban J connectivity index is 1.78. The molecule has 152 valence electrons. The number of aryl methyl sites for hydroxylation is 3. The van der Waals surface area contributed by atoms with E-state index in [1.807, 2.05) is 44.2 Å². The zero-order chi connectivity index (χ0) is 21.0. The lowest BCUT2D eigenvalue weighted by Crippen LogP contribution is -2.16. The highest BCUT2D eigenvalue weighted by atomic mass is 32.2. The number of pyridine rings is 1. The summed E-state index contributed by atoms with van der Waals surface area (Å²) in [6, 6.07) is 11.9. The molecule has 0 aliphatic carbocycles. The van der Waals surface area contributed by atoms with Gasteiger partial charge in [0.1, 0.15) is 5.03 Å². The minimum atomic E-state index is -0.0346. The number of benzene rings is 2. The fourth-order valence-electron chi connectivity index (χ4n) is 3.25. The summed E-state index contributed by atoms with van der Waals surface area (Å²) in [7, 11) is 3.22. The van der Waals surface area contributed by atoms with Crippen LogP contribution in [-0.2, 0) is 11.2 Å². The summed E-state index contributed by atoms with van der Waals surface area (Å²) in [4.78, 5) is 17.3. The van der Waals surface area contributed by atoms with Crippen molar-refractivity contribution in [3.8, 4) is 11.5 Å². The lowest BCUT2D eigenvalue weighted by Gasteiger charge is -2.13. The second-order valence-electron chi connectivity index (χ2n) is 6.81. The van der Waals surface area contributed by atoms with Crippen molar-refractivity contribution in [1.29, 1.82) is 0 Å². The molecule has 0 saturated carbocycles. The first-order chi connectivity index (χ1) is 14.0. The third-order valence-electron chi connectivity index (χ3n) is 4.81. The number of nitrogens with zero attached hydrogens (tertiary/aromatic N) is 1. The monoisotopic (exact) mass is 410 g/mol. The Kier molecular flexibility index (Phi) is 6.64. The van der Waals surface area contributed by atoms with Crippen molar-refractivity contribution < 1.29 is 14.3 Å². The van der Waals surface area contributed by atoms with Gasteiger partial charge in [-0.05, 0) is 49.1 Å². The van der Waals surface area contributed by atoms with Gasteiger partial charge in [0, 0.05) is 17.1 Å². The average Bonchev–Trinajstić information content (AvgIpc) is 2.72. The average molecular weight is 411 g/mol. The minimum absolute atomic E-state index is 0.0346. The maximum absolute atomic E-state index is 12.6. The number of carbonyl (C=O) groups excluding carboxylic acids is 1. The number of methoxy groups -OCH3 is 2. The van der Waals surface area contributed by atoms with Crippen LogP contribution in [0.4, 0.5) is 5.69 Å². The fourth-order valence-corrected chi connectivity index (χ4v) is 4.04. The molecule has 0 fully saturated rings. The van der Waals surface area contributed by atoms with Gasteiger partial charge in [-0.15, -0.1) is 0 Å². The molecular formula is C23H26N2O3S. The summed E-state index contributed by atoms with van der Waals surface area (Å²) in [5.41, 5.74) is 4.96. The van der Waals surface area contributed by atoms with E-state index < -0.39 is 0 Å². The van der Waals surface area contributed by atoms with Gasteiger partial charge in [0.05, 0.1) is 25.5 Å². The molecule has 2 aromatic carbocycles. The number of hydrogen-bond acceptors (Lipinski definition) is 5. The summed E-state index contributed by atoms with van der Waals surface area (Å²) >= 11 is 1.44. The first-order valence-electron chi connectivity index (χ1n) is 9.51. The van der Waals surface area contributed by atoms with E-state index in [0.29, 0.717) is 17.3 Å². The van der Waals surface area contributed by atoms with Gasteiger partial charge in [0.2, 0.25) is 5.91 Å². The van der Waals surface area contributed by atoms with Gasteiger partial charge in [-0.3, -0.25) is 4.79 Å². The van der Waals surface area contributed by atoms with Crippen LogP contribution in [0, 0.1) is 13.8 Å². The third-order valence-corrected chi connectivity index (χ3v) is 5.90. The van der Waals surface area contributed by atoms with Crippen molar-refractivity contribution in [3.05, 3.63) is 53.1 Å². The van der Waals surface area contributed by atoms with Gasteiger partial charge < -0.3 is 14.8 Å². The number of amides is 1. The Labute approximate surface area is 175 Å². The van der Waals surface area contributed by atoms with Crippen molar-refractivity contribution in [3.63, 3.8) is 0 Å². The van der Waals surface area contributed by atoms with E-state index in [0.717, 1.165) is 44.7 Å². The molecule has 6 heteroatoms. The lowest BCUT2D eigenvalue weighted by atomic mass is 10.1. The first-order valence-corrected chi connectivity index (χ1v) is 10.5. The largest absolute Gasteiger partial charge is 0.493 e. The summed E-state index contributed by atoms with van der Waals surface area (Å²) in [6.45, 7) is 6.10. The normalized spacial score (nSPS) is 10.8. The molecule has 1 amide bonds. The van der Waals surface area contributed by atoms with Gasteiger partial charge in [-0.25, -0.2) is 4.98 Å². The van der Waals surface area contributed by atoms with Crippen LogP contribution in [0.15, 0.2) is 41.4 Å². The van der Waals surface area contributed by atoms with Gasteiger partial charge in [0.25, 0.3) is 0 Å². The van der Waals surface area contributed by atoms with E-state index in [9.17, 15) is 4.79 Å². The van der Waals surface area contributed by atoms with Gasteiger partial charge >= 0.3 is 0 Å². The van der Waals surface area contributed by atoms with E-state index in [1.54, 1.807) is 14.2 Å². The first kappa shape index (κ1) is 21.0. The molecule has 5 nitrogen and oxygen atoms in total. The Hall–Kier alpha value is -2.73. The maximum Gasteiger partial charge on any atom is 0.234 e. The van der Waals surface area contributed by atoms with E-state index in [1.165, 1.54) is 11.8 Å². The molecule has 3 aromatic rings. The second-order valence-corrected chi connectivity index (χ2v) is 7.77. The zero-order valence-electron chi connectivity index (χ0n) is 17.5. The Morgan fingerprint density at radius 2 is 1.79 bits per heavy atom. The Bertz CT molecular complexity index is 1050. The molecule has 0 unspecified atom stereocenters. The molecule has 0 atom stereocenters. The maximum atomic E-state index is 12.6. The molecule has 0 radical (unpaired) electrons. The Morgan fingerprint density at radius 3 is 2.48 bits per heavy atom. The summed E-state index contributed by atoms with van der Waals surface area (Å²) in [6.07, 6.45) is 0.876. The molecule has 0 aliphatic heterocycles. The highest BCUT2D eigenvalue weighted by Gasteiger charge is 2.13. The lowest BCUT2D eigenvalue weighted by molar-refractivity contribution is -0.113. The van der Waals surface area contributed by atoms with Crippen LogP contribution in [0.5, 0.6) is 11.5 Å². The number of aromatic nitrogens is 1. The number of rotatable bonds is 7. The fraction of sp³-hybridized carbons (Fsp3) is 0.304. The number of nitrogens with one attached hydrogen (secondary N) is 1. The number of thioether (sulfide) groups is 1. The quantitative estimate of drug-likeness (QED) is 0.545. The SMILES string of the molecule is CCc1cccc(C)c1NC(=O)CSc1nc2cc(OC)c(OC)cc2cc1C. The van der Waals surface area contributed by atoms with Crippen LogP contribution in [0.1, 0.15) is 23.6 Å². The smallest absolute Gasteiger partial charge is 0.234 e. The zero-order valence-corrected chi connectivity index (χ0v) is 18.3. The molecule has 1 aromatic heterocycles. The van der Waals surface area contributed by atoms with E-state index in [4.69, 9.17) is 14.5 Å². The highest BCUT2D eigenvalue weighted by Crippen LogP contribution is 2.33. The van der Waals surface area contributed by atoms with Crippen molar-refractivity contribution in [2.75, 3.05) is 25.3 Å². The van der Waals surface area contributed by atoms with Crippen LogP contribution in [0.3, 0.4) is 0 Å². The summed E-state index contributed by atoms with van der Waals surface area (Å²) < 4.78 is 10.7. The molecule has 0 saturated heterocycles. The molecule has 0 aliphatic rings. The predicted octanol–water partition coefficient (Wildman–Crippen LogP) is 5.16. The molecule has 1 N–H and O–H groups in total. The van der Waals surface area contributed by atoms with Crippen LogP contribution < -0.4 is 14.8 Å². The number of ether oxygens (including phenoxy) is 2. The van der Waals surface area contributed by atoms with Gasteiger partial charge in [-0.1, -0.05) is 36.9 Å². The number of fused-ring (bicyclic) bond motifs is 1. The second kappa shape index (κ2) is 9.18. The topological polar surface area (TPSA) is 60.5 Å². The molecule has 29 heavy (non-hydrogen) atoms. The number of carbonyl (C=O) groups is 1. The predicted molar refractivity (Wildman–Crippen MR) is 119 cm³/mol. The van der Waals surface area contributed by atoms with Crippen molar-refractivity contribution in [2.45, 2.75) is 32.2 Å². The number of hydrogen-bond donors (Lipinski definition) is 1. The van der Waals surface area contributed by atoms with E-state index in [2.05, 4.69) is 18.3 Å². The molecule has 3 rings (SSSR count). The molecule has 0 bridgehead atoms. The van der Waals surface area contributed by atoms with Crippen molar-refractivity contribution >= 4 is 34.3 Å². The Morgan fingerprint density at radius 1 is 1.07 bits per heavy atom. The minimum Gasteiger partial charge on any atom is -0.493 e. The molecule has 0 spiro atoms. The van der Waals surface area contributed by atoms with Crippen LogP contribution in [0.25, 0.3) is 10.9 Å². The summed E-state index contributed by atoms with van der Waals surface area (Å²) in [5.74, 6) is 1.57. The van der Waals surface area contributed by atoms with Gasteiger partial charge in [0.15, 0.2) is 11.5 Å². The summed E-state index contributed by atoms with van der Waals surface area (Å²) in [5, 5.41) is 4.87. The van der Waals surface area contributed by atoms with E-state index >= 15 is 0 Å². The number of para-hydroxylation sites is 1. The van der Waals surface area contributed by atoms with Gasteiger partial charge in [-0.2, -0.15) is 0 Å². The van der Waals surface area contributed by atoms with E-state index in [-0.39, 0.29) is 5.91 Å². The molecule has 1 heterocycles. The van der Waals surface area contributed by atoms with Crippen molar-refractivity contribution in [1.82, 2.24) is 4.98 Å². The standard InChI is InChI=1S/C23H26N2O3S/c1-6-16-9-7-8-14(2)22(16)25-21(26)13-29-23-15(3)10-17-11-19(27-4)20(28-5)12-18(17)24-23/h7-12H,6,13H2,1-5H3,(H,25,26). The van der Waals surface area contributed by atoms with Crippen LogP contribution >= 0.6 is 11.8 Å². The van der Waals surface area contributed by atoms with Crippen LogP contribution in [0.2, 0.25) is 0 Å². The molecular weight excluding hydrogens is 384 g/mol. The third kappa shape index (κ3) is 4.65. The van der Waals surface area contributed by atoms with Crippen molar-refractivity contribution in [2.24, 2.45) is 0 Å². The number of anilines is 1.